The van der Waals surface area contributed by atoms with Crippen LogP contribution in [0.2, 0.25) is 0 Å². The van der Waals surface area contributed by atoms with E-state index in [4.69, 9.17) is 0 Å². The lowest BCUT2D eigenvalue weighted by Crippen LogP contribution is -2.35. The normalized spacial score (nSPS) is 19.3. The van der Waals surface area contributed by atoms with Crippen LogP contribution in [-0.2, 0) is 4.79 Å². The number of carbonyl (C=O) groups is 1. The molecule has 84 valence electrons. The molecule has 2 nitrogen and oxygen atoms in total. The third-order valence-electron chi connectivity index (χ3n) is 2.86. The van der Waals surface area contributed by atoms with Crippen molar-refractivity contribution in [3.63, 3.8) is 0 Å². The third kappa shape index (κ3) is 2.95. The van der Waals surface area contributed by atoms with Crippen molar-refractivity contribution in [1.82, 2.24) is 4.90 Å². The van der Waals surface area contributed by atoms with Crippen molar-refractivity contribution in [2.24, 2.45) is 0 Å². The summed E-state index contributed by atoms with van der Waals surface area (Å²) in [5, 5.41) is 0. The minimum Gasteiger partial charge on any atom is -0.339 e. The lowest BCUT2D eigenvalue weighted by atomic mass is 9.92. The SMILES string of the molecule is CC.CC(=O)N1CCC2=C(CCC=C2)C1. The number of rotatable bonds is 0. The van der Waals surface area contributed by atoms with Crippen LogP contribution in [0, 0.1) is 0 Å². The molecule has 0 saturated carbocycles. The topological polar surface area (TPSA) is 20.3 Å². The Labute approximate surface area is 92.7 Å². The molecule has 0 aromatic rings. The molecule has 1 aliphatic heterocycles. The molecule has 0 bridgehead atoms. The molecule has 1 aliphatic carbocycles. The van der Waals surface area contributed by atoms with Gasteiger partial charge in [-0.25, -0.2) is 0 Å². The first-order valence-corrected chi connectivity index (χ1v) is 5.90. The lowest BCUT2D eigenvalue weighted by Gasteiger charge is -2.30. The summed E-state index contributed by atoms with van der Waals surface area (Å²) >= 11 is 0. The largest absolute Gasteiger partial charge is 0.339 e. The Kier molecular flexibility index (Phi) is 4.60. The zero-order valence-electron chi connectivity index (χ0n) is 10.0. The van der Waals surface area contributed by atoms with Gasteiger partial charge in [0.15, 0.2) is 0 Å². The van der Waals surface area contributed by atoms with Crippen LogP contribution in [0.5, 0.6) is 0 Å². The number of carbonyl (C=O) groups excluding carboxylic acids is 1. The molecule has 0 saturated heterocycles. The van der Waals surface area contributed by atoms with Gasteiger partial charge in [-0.05, 0) is 30.4 Å². The van der Waals surface area contributed by atoms with Crippen molar-refractivity contribution in [2.75, 3.05) is 13.1 Å². The van der Waals surface area contributed by atoms with E-state index in [2.05, 4.69) is 12.2 Å². The Bertz CT molecular complexity index is 289. The van der Waals surface area contributed by atoms with Crippen LogP contribution in [0.1, 0.15) is 40.0 Å². The quantitative estimate of drug-likeness (QED) is 0.598. The van der Waals surface area contributed by atoms with E-state index in [1.807, 2.05) is 18.7 Å². The van der Waals surface area contributed by atoms with Crippen LogP contribution >= 0.6 is 0 Å². The van der Waals surface area contributed by atoms with Crippen LogP contribution in [-0.4, -0.2) is 23.9 Å². The highest BCUT2D eigenvalue weighted by atomic mass is 16.2. The second-order valence-corrected chi connectivity index (χ2v) is 3.76. The minimum atomic E-state index is 0.209. The maximum absolute atomic E-state index is 11.2. The predicted molar refractivity (Wildman–Crippen MR) is 63.6 cm³/mol. The molecular formula is C13H21NO. The van der Waals surface area contributed by atoms with Crippen molar-refractivity contribution in [3.8, 4) is 0 Å². The van der Waals surface area contributed by atoms with Gasteiger partial charge in [0, 0.05) is 20.0 Å². The van der Waals surface area contributed by atoms with Gasteiger partial charge < -0.3 is 4.90 Å². The zero-order chi connectivity index (χ0) is 11.3. The molecule has 0 aromatic heterocycles. The Morgan fingerprint density at radius 1 is 1.33 bits per heavy atom. The standard InChI is InChI=1S/C11H15NO.C2H6/c1-9(13)12-7-6-10-4-2-3-5-11(10)8-12;1-2/h2,4H,3,5-8H2,1H3;1-2H3. The molecular weight excluding hydrogens is 186 g/mol. The van der Waals surface area contributed by atoms with E-state index in [1.54, 1.807) is 6.92 Å². The van der Waals surface area contributed by atoms with E-state index in [0.29, 0.717) is 0 Å². The van der Waals surface area contributed by atoms with E-state index >= 15 is 0 Å². The van der Waals surface area contributed by atoms with Gasteiger partial charge in [0.05, 0.1) is 0 Å². The third-order valence-corrected chi connectivity index (χ3v) is 2.86. The predicted octanol–water partition coefficient (Wildman–Crippen LogP) is 2.91. The van der Waals surface area contributed by atoms with Crippen LogP contribution < -0.4 is 0 Å². The summed E-state index contributed by atoms with van der Waals surface area (Å²) in [6, 6.07) is 0. The van der Waals surface area contributed by atoms with Crippen LogP contribution in [0.25, 0.3) is 0 Å². The number of hydrogen-bond acceptors (Lipinski definition) is 1. The smallest absolute Gasteiger partial charge is 0.219 e. The molecule has 0 atom stereocenters. The summed E-state index contributed by atoms with van der Waals surface area (Å²) in [6.07, 6.45) is 7.81. The molecule has 0 fully saturated rings. The highest BCUT2D eigenvalue weighted by Gasteiger charge is 2.19. The number of amides is 1. The molecule has 2 heteroatoms. The summed E-state index contributed by atoms with van der Waals surface area (Å²) in [7, 11) is 0. The molecule has 0 unspecified atom stereocenters. The van der Waals surface area contributed by atoms with Crippen molar-refractivity contribution < 1.29 is 4.79 Å². The molecule has 0 radical (unpaired) electrons. The van der Waals surface area contributed by atoms with Crippen molar-refractivity contribution in [1.29, 1.82) is 0 Å². The Balaban J connectivity index is 0.000000531. The molecule has 1 heterocycles. The van der Waals surface area contributed by atoms with Gasteiger partial charge in [-0.2, -0.15) is 0 Å². The molecule has 1 amide bonds. The molecule has 0 N–H and O–H groups in total. The second-order valence-electron chi connectivity index (χ2n) is 3.76. The average molecular weight is 207 g/mol. The number of hydrogen-bond donors (Lipinski definition) is 0. The lowest BCUT2D eigenvalue weighted by molar-refractivity contribution is -0.128. The van der Waals surface area contributed by atoms with E-state index in [-0.39, 0.29) is 5.91 Å². The van der Waals surface area contributed by atoms with Crippen molar-refractivity contribution in [3.05, 3.63) is 23.3 Å². The van der Waals surface area contributed by atoms with Gasteiger partial charge in [0.2, 0.25) is 5.91 Å². The fourth-order valence-electron chi connectivity index (χ4n) is 2.04. The maximum Gasteiger partial charge on any atom is 0.219 e. The second kappa shape index (κ2) is 5.74. The summed E-state index contributed by atoms with van der Waals surface area (Å²) in [5.74, 6) is 0.209. The van der Waals surface area contributed by atoms with Crippen molar-refractivity contribution >= 4 is 5.91 Å². The molecule has 2 aliphatic rings. The Hall–Kier alpha value is -1.05. The summed E-state index contributed by atoms with van der Waals surface area (Å²) in [5.41, 5.74) is 2.95. The highest BCUT2D eigenvalue weighted by molar-refractivity contribution is 5.74. The Morgan fingerprint density at radius 3 is 2.73 bits per heavy atom. The van der Waals surface area contributed by atoms with Crippen LogP contribution in [0.4, 0.5) is 0 Å². The first-order chi connectivity index (χ1) is 7.27. The van der Waals surface area contributed by atoms with Gasteiger partial charge in [-0.3, -0.25) is 4.79 Å². The Morgan fingerprint density at radius 2 is 2.07 bits per heavy atom. The first-order valence-electron chi connectivity index (χ1n) is 5.90. The average Bonchev–Trinajstić information content (AvgIpc) is 2.31. The summed E-state index contributed by atoms with van der Waals surface area (Å²) < 4.78 is 0. The maximum atomic E-state index is 11.2. The molecule has 2 rings (SSSR count). The van der Waals surface area contributed by atoms with Gasteiger partial charge >= 0.3 is 0 Å². The van der Waals surface area contributed by atoms with E-state index in [1.165, 1.54) is 11.1 Å². The van der Waals surface area contributed by atoms with Gasteiger partial charge in [-0.1, -0.05) is 26.0 Å². The fraction of sp³-hybridized carbons (Fsp3) is 0.615. The van der Waals surface area contributed by atoms with Crippen LogP contribution in [0.15, 0.2) is 23.3 Å². The van der Waals surface area contributed by atoms with E-state index in [0.717, 1.165) is 32.4 Å². The highest BCUT2D eigenvalue weighted by Crippen LogP contribution is 2.26. The fourth-order valence-corrected chi connectivity index (χ4v) is 2.04. The first kappa shape index (κ1) is 12.0. The van der Waals surface area contributed by atoms with E-state index < -0.39 is 0 Å². The van der Waals surface area contributed by atoms with Crippen molar-refractivity contribution in [2.45, 2.75) is 40.0 Å². The van der Waals surface area contributed by atoms with Gasteiger partial charge in [-0.15, -0.1) is 0 Å². The summed E-state index contributed by atoms with van der Waals surface area (Å²) in [4.78, 5) is 13.1. The monoisotopic (exact) mass is 207 g/mol. The molecule has 15 heavy (non-hydrogen) atoms. The van der Waals surface area contributed by atoms with Crippen LogP contribution in [0.3, 0.4) is 0 Å². The summed E-state index contributed by atoms with van der Waals surface area (Å²) in [6.45, 7) is 7.43. The number of allylic oxidation sites excluding steroid dienone is 2. The van der Waals surface area contributed by atoms with Gasteiger partial charge in [0.1, 0.15) is 0 Å². The zero-order valence-corrected chi connectivity index (χ0v) is 10.0. The molecule has 0 aromatic carbocycles. The van der Waals surface area contributed by atoms with E-state index in [9.17, 15) is 4.79 Å². The number of nitrogens with zero attached hydrogens (tertiary/aromatic N) is 1. The van der Waals surface area contributed by atoms with Gasteiger partial charge in [0.25, 0.3) is 0 Å². The minimum absolute atomic E-state index is 0.209. The molecule has 0 spiro atoms.